The number of carbonyl (C=O) groups excluding carboxylic acids is 2. The van der Waals surface area contributed by atoms with E-state index >= 15 is 0 Å². The van der Waals surface area contributed by atoms with Gasteiger partial charge in [0.2, 0.25) is 0 Å². The van der Waals surface area contributed by atoms with Gasteiger partial charge in [-0.15, -0.1) is 0 Å². The number of hydrogen-bond acceptors (Lipinski definition) is 5. The summed E-state index contributed by atoms with van der Waals surface area (Å²) < 4.78 is 14.4. The largest absolute Gasteiger partial charge is 0.447 e. The van der Waals surface area contributed by atoms with E-state index in [1.165, 1.54) is 12.4 Å². The fourth-order valence-electron chi connectivity index (χ4n) is 0.739. The van der Waals surface area contributed by atoms with Crippen molar-refractivity contribution < 1.29 is 23.8 Å². The lowest BCUT2D eigenvalue weighted by Crippen LogP contribution is -2.22. The predicted octanol–water partition coefficient (Wildman–Crippen LogP) is 0.742. The number of alkyl carbamates (subject to hydrolysis) is 2. The van der Waals surface area contributed by atoms with Gasteiger partial charge in [-0.1, -0.05) is 13.2 Å². The third kappa shape index (κ3) is 10.3. The van der Waals surface area contributed by atoms with E-state index < -0.39 is 12.2 Å². The van der Waals surface area contributed by atoms with Crippen LogP contribution in [0.4, 0.5) is 9.59 Å². The van der Waals surface area contributed by atoms with Crippen LogP contribution in [-0.4, -0.2) is 38.6 Å². The van der Waals surface area contributed by atoms with Crippen LogP contribution in [0.2, 0.25) is 0 Å². The third-order valence-corrected chi connectivity index (χ3v) is 1.36. The Hall–Kier alpha value is -2.02. The normalized spacial score (nSPS) is 8.94. The highest BCUT2D eigenvalue weighted by Crippen LogP contribution is 1.83. The molecule has 0 radical (unpaired) electrons. The molecule has 17 heavy (non-hydrogen) atoms. The topological polar surface area (TPSA) is 85.9 Å². The van der Waals surface area contributed by atoms with Crippen LogP contribution in [-0.2, 0) is 14.2 Å². The molecule has 0 aliphatic heterocycles. The highest BCUT2D eigenvalue weighted by Gasteiger charge is 1.99. The minimum absolute atomic E-state index is 0.110. The number of amides is 2. The van der Waals surface area contributed by atoms with E-state index in [2.05, 4.69) is 33.3 Å². The summed E-state index contributed by atoms with van der Waals surface area (Å²) in [4.78, 5) is 21.5. The second kappa shape index (κ2) is 10.5. The average molecular weight is 244 g/mol. The molecule has 0 aliphatic carbocycles. The van der Waals surface area contributed by atoms with E-state index in [1.54, 1.807) is 0 Å². The van der Waals surface area contributed by atoms with Gasteiger partial charge in [-0.05, 0) is 12.4 Å². The summed E-state index contributed by atoms with van der Waals surface area (Å²) in [6.07, 6.45) is 1.25. The summed E-state index contributed by atoms with van der Waals surface area (Å²) in [5, 5.41) is 4.47. The molecule has 0 aromatic carbocycles. The summed E-state index contributed by atoms with van der Waals surface area (Å²) in [5.41, 5.74) is 0. The van der Waals surface area contributed by atoms with Gasteiger partial charge < -0.3 is 14.2 Å². The summed E-state index contributed by atoms with van der Waals surface area (Å²) in [6, 6.07) is 0. The molecule has 0 aliphatic rings. The van der Waals surface area contributed by atoms with E-state index in [-0.39, 0.29) is 26.4 Å². The molecular weight excluding hydrogens is 228 g/mol. The van der Waals surface area contributed by atoms with Crippen LogP contribution < -0.4 is 10.6 Å². The van der Waals surface area contributed by atoms with Gasteiger partial charge >= 0.3 is 12.2 Å². The fraction of sp³-hybridized carbons (Fsp3) is 0.400. The Morgan fingerprint density at radius 3 is 1.65 bits per heavy atom. The molecular formula is C10H16N2O5. The molecule has 0 bridgehead atoms. The van der Waals surface area contributed by atoms with Crippen LogP contribution in [0.1, 0.15) is 0 Å². The Kier molecular flexibility index (Phi) is 9.25. The first-order chi connectivity index (χ1) is 8.20. The van der Waals surface area contributed by atoms with Crippen molar-refractivity contribution in [3.8, 4) is 0 Å². The fourth-order valence-corrected chi connectivity index (χ4v) is 0.739. The van der Waals surface area contributed by atoms with E-state index in [1.807, 2.05) is 0 Å². The molecule has 0 heterocycles. The van der Waals surface area contributed by atoms with Crippen LogP contribution in [0.15, 0.2) is 25.6 Å². The highest BCUT2D eigenvalue weighted by atomic mass is 16.6. The zero-order valence-electron chi connectivity index (χ0n) is 9.44. The van der Waals surface area contributed by atoms with Gasteiger partial charge in [0.15, 0.2) is 0 Å². The van der Waals surface area contributed by atoms with Gasteiger partial charge in [0, 0.05) is 0 Å². The molecule has 0 saturated heterocycles. The minimum atomic E-state index is -0.592. The second-order valence-corrected chi connectivity index (χ2v) is 2.58. The van der Waals surface area contributed by atoms with Crippen LogP contribution in [0.25, 0.3) is 0 Å². The van der Waals surface area contributed by atoms with E-state index in [9.17, 15) is 9.59 Å². The number of ether oxygens (including phenoxy) is 3. The second-order valence-electron chi connectivity index (χ2n) is 2.58. The van der Waals surface area contributed by atoms with Gasteiger partial charge in [-0.2, -0.15) is 0 Å². The Bertz CT molecular complexity index is 241. The first-order valence-electron chi connectivity index (χ1n) is 4.87. The van der Waals surface area contributed by atoms with Gasteiger partial charge in [0.1, 0.15) is 13.2 Å². The quantitative estimate of drug-likeness (QED) is 0.615. The number of hydrogen-bond donors (Lipinski definition) is 2. The predicted molar refractivity (Wildman–Crippen MR) is 60.2 cm³/mol. The van der Waals surface area contributed by atoms with Crippen molar-refractivity contribution in [2.75, 3.05) is 26.4 Å². The first-order valence-corrected chi connectivity index (χ1v) is 4.87. The molecule has 2 amide bonds. The molecule has 0 atom stereocenters. The van der Waals surface area contributed by atoms with Crippen LogP contribution in [0.3, 0.4) is 0 Å². The summed E-state index contributed by atoms with van der Waals surface area (Å²) in [5.74, 6) is 0. The van der Waals surface area contributed by atoms with Crippen molar-refractivity contribution in [2.45, 2.75) is 0 Å². The lowest BCUT2D eigenvalue weighted by molar-refractivity contribution is 0.0470. The molecule has 0 aromatic rings. The summed E-state index contributed by atoms with van der Waals surface area (Å²) in [7, 11) is 0. The van der Waals surface area contributed by atoms with E-state index in [0.29, 0.717) is 0 Å². The smallest absolute Gasteiger partial charge is 0.411 e. The van der Waals surface area contributed by atoms with Gasteiger partial charge in [0.05, 0.1) is 13.2 Å². The van der Waals surface area contributed by atoms with E-state index in [4.69, 9.17) is 4.74 Å². The molecule has 0 fully saturated rings. The maximum absolute atomic E-state index is 10.7. The zero-order valence-corrected chi connectivity index (χ0v) is 9.44. The Morgan fingerprint density at radius 1 is 0.882 bits per heavy atom. The van der Waals surface area contributed by atoms with Crippen molar-refractivity contribution >= 4 is 12.2 Å². The maximum atomic E-state index is 10.7. The maximum Gasteiger partial charge on any atom is 0.411 e. The van der Waals surface area contributed by atoms with Crippen molar-refractivity contribution in [3.05, 3.63) is 25.6 Å². The first kappa shape index (κ1) is 15.0. The molecule has 96 valence electrons. The number of rotatable bonds is 8. The molecule has 0 unspecified atom stereocenters. The van der Waals surface area contributed by atoms with Crippen molar-refractivity contribution in [1.82, 2.24) is 10.6 Å². The molecule has 0 saturated carbocycles. The van der Waals surface area contributed by atoms with Gasteiger partial charge in [-0.25, -0.2) is 9.59 Å². The lowest BCUT2D eigenvalue weighted by atomic mass is 10.7. The van der Waals surface area contributed by atoms with Gasteiger partial charge in [-0.3, -0.25) is 10.6 Å². The van der Waals surface area contributed by atoms with Crippen LogP contribution >= 0.6 is 0 Å². The Morgan fingerprint density at radius 2 is 1.29 bits per heavy atom. The van der Waals surface area contributed by atoms with E-state index in [0.717, 1.165) is 0 Å². The Labute approximate surface area is 99.4 Å². The summed E-state index contributed by atoms with van der Waals surface area (Å²) >= 11 is 0. The van der Waals surface area contributed by atoms with Crippen LogP contribution in [0.5, 0.6) is 0 Å². The number of carbonyl (C=O) groups is 2. The molecule has 2 N–H and O–H groups in total. The molecule has 7 heteroatoms. The van der Waals surface area contributed by atoms with Crippen molar-refractivity contribution in [1.29, 1.82) is 0 Å². The molecule has 0 rings (SSSR count). The van der Waals surface area contributed by atoms with Crippen molar-refractivity contribution in [2.24, 2.45) is 0 Å². The average Bonchev–Trinajstić information content (AvgIpc) is 2.28. The minimum Gasteiger partial charge on any atom is -0.447 e. The third-order valence-electron chi connectivity index (χ3n) is 1.36. The number of nitrogens with one attached hydrogen (secondary N) is 2. The monoisotopic (exact) mass is 244 g/mol. The standard InChI is InChI=1S/C10H16N2O5/c1-3-11-9(13)16-7-5-15-6-8-17-10(14)12-4-2/h3-4H,1-2,5-8H2,(H,11,13)(H,12,14). The highest BCUT2D eigenvalue weighted by molar-refractivity contribution is 5.68. The Balaban J connectivity index is 3.23. The van der Waals surface area contributed by atoms with Crippen LogP contribution in [0, 0.1) is 0 Å². The summed E-state index contributed by atoms with van der Waals surface area (Å²) in [6.45, 7) is 7.25. The lowest BCUT2D eigenvalue weighted by Gasteiger charge is -2.06. The van der Waals surface area contributed by atoms with Crippen molar-refractivity contribution in [3.63, 3.8) is 0 Å². The SMILES string of the molecule is C=CNC(=O)OCCOCCOC(=O)NC=C. The van der Waals surface area contributed by atoms with Gasteiger partial charge in [0.25, 0.3) is 0 Å². The molecule has 0 spiro atoms. The molecule has 7 nitrogen and oxygen atoms in total. The molecule has 0 aromatic heterocycles. The zero-order chi connectivity index (χ0) is 12.9.